The van der Waals surface area contributed by atoms with Crippen molar-refractivity contribution in [3.8, 4) is 0 Å². The Labute approximate surface area is 94.2 Å². The zero-order valence-corrected chi connectivity index (χ0v) is 11.2. The van der Waals surface area contributed by atoms with E-state index in [4.69, 9.17) is 9.84 Å². The highest BCUT2D eigenvalue weighted by atomic mass is 16.5. The molecule has 1 unspecified atom stereocenters. The third-order valence-electron chi connectivity index (χ3n) is 1.33. The van der Waals surface area contributed by atoms with E-state index in [-0.39, 0.29) is 6.42 Å². The Morgan fingerprint density at radius 1 is 1.40 bits per heavy atom. The Balaban J connectivity index is -0.000000177. The van der Waals surface area contributed by atoms with Crippen LogP contribution in [0.15, 0.2) is 0 Å². The van der Waals surface area contributed by atoms with Gasteiger partial charge >= 0.3 is 5.97 Å². The second-order valence-corrected chi connectivity index (χ2v) is 3.06. The molecule has 1 N–H and O–H groups in total. The molecule has 0 heterocycles. The van der Waals surface area contributed by atoms with Gasteiger partial charge in [-0.05, 0) is 21.0 Å². The average Bonchev–Trinajstić information content (AvgIpc) is 2.20. The number of ether oxygens (including phenoxy) is 1. The molecule has 94 valence electrons. The van der Waals surface area contributed by atoms with Crippen molar-refractivity contribution >= 4 is 5.97 Å². The van der Waals surface area contributed by atoms with Gasteiger partial charge in [-0.3, -0.25) is 4.79 Å². The number of rotatable bonds is 4. The van der Waals surface area contributed by atoms with Crippen molar-refractivity contribution < 1.29 is 14.6 Å². The molecule has 0 amide bonds. The van der Waals surface area contributed by atoms with E-state index < -0.39 is 5.97 Å². The Hall–Kier alpha value is -0.610. The summed E-state index contributed by atoms with van der Waals surface area (Å²) >= 11 is 0. The quantitative estimate of drug-likeness (QED) is 0.789. The van der Waals surface area contributed by atoms with Crippen LogP contribution >= 0.6 is 0 Å². The number of carboxylic acid groups (broad SMARTS) is 1. The molecule has 4 heteroatoms. The molecule has 0 aromatic rings. The first-order valence-electron chi connectivity index (χ1n) is 5.33. The number of carbonyl (C=O) groups is 1. The number of methoxy groups -OCH3 is 1. The van der Waals surface area contributed by atoms with E-state index >= 15 is 0 Å². The second kappa shape index (κ2) is 15.8. The summed E-state index contributed by atoms with van der Waals surface area (Å²) in [6, 6.07) is 0. The van der Waals surface area contributed by atoms with Gasteiger partial charge in [0.2, 0.25) is 0 Å². The summed E-state index contributed by atoms with van der Waals surface area (Å²) in [5.41, 5.74) is 0. The van der Waals surface area contributed by atoms with Crippen LogP contribution in [0.3, 0.4) is 0 Å². The Bertz CT molecular complexity index is 127. The molecular formula is C11H27NO3. The van der Waals surface area contributed by atoms with Crippen molar-refractivity contribution in [2.24, 2.45) is 0 Å². The maximum atomic E-state index is 9.37. The largest absolute Gasteiger partial charge is 0.481 e. The first-order chi connectivity index (χ1) is 6.93. The predicted molar refractivity (Wildman–Crippen MR) is 64.3 cm³/mol. The molecule has 0 aromatic carbocycles. The summed E-state index contributed by atoms with van der Waals surface area (Å²) in [6.07, 6.45) is 0.574. The van der Waals surface area contributed by atoms with Crippen molar-refractivity contribution in [3.63, 3.8) is 0 Å². The van der Waals surface area contributed by atoms with Crippen LogP contribution in [0.5, 0.6) is 0 Å². The smallest absolute Gasteiger partial charge is 0.303 e. The lowest BCUT2D eigenvalue weighted by Gasteiger charge is -2.14. The first kappa shape index (κ1) is 19.9. The minimum Gasteiger partial charge on any atom is -0.481 e. The minimum atomic E-state index is -0.745. The standard InChI is InChI=1S/C6H15NO.C3H6O2.C2H6/c1-6(8-4)5-7(2)3;1-2-3(4)5;1-2/h6H,5H2,1-4H3;2H2,1H3,(H,4,5);1-2H3. The van der Waals surface area contributed by atoms with Crippen LogP contribution in [0.4, 0.5) is 0 Å². The monoisotopic (exact) mass is 221 g/mol. The molecule has 0 rings (SSSR count). The van der Waals surface area contributed by atoms with Gasteiger partial charge in [-0.25, -0.2) is 0 Å². The van der Waals surface area contributed by atoms with Gasteiger partial charge in [0.25, 0.3) is 0 Å². The van der Waals surface area contributed by atoms with Gasteiger partial charge in [-0.2, -0.15) is 0 Å². The molecule has 0 aromatic heterocycles. The van der Waals surface area contributed by atoms with Gasteiger partial charge in [0, 0.05) is 20.1 Å². The molecule has 0 aliphatic carbocycles. The zero-order chi connectivity index (χ0) is 12.9. The highest BCUT2D eigenvalue weighted by Crippen LogP contribution is 1.87. The second-order valence-electron chi connectivity index (χ2n) is 3.06. The Kier molecular flexibility index (Phi) is 21.0. The van der Waals surface area contributed by atoms with E-state index in [2.05, 4.69) is 11.8 Å². The fourth-order valence-corrected chi connectivity index (χ4v) is 0.589. The van der Waals surface area contributed by atoms with Crippen LogP contribution in [-0.4, -0.2) is 49.8 Å². The minimum absolute atomic E-state index is 0.222. The third kappa shape index (κ3) is 31.8. The van der Waals surface area contributed by atoms with E-state index in [9.17, 15) is 4.79 Å². The van der Waals surface area contributed by atoms with E-state index in [1.54, 1.807) is 14.0 Å². The molecule has 0 aliphatic rings. The number of hydrogen-bond donors (Lipinski definition) is 1. The van der Waals surface area contributed by atoms with Gasteiger partial charge in [-0.1, -0.05) is 20.8 Å². The Morgan fingerprint density at radius 3 is 1.80 bits per heavy atom. The first-order valence-corrected chi connectivity index (χ1v) is 5.33. The van der Waals surface area contributed by atoms with Crippen LogP contribution < -0.4 is 0 Å². The predicted octanol–water partition coefficient (Wildman–Crippen LogP) is 2.09. The molecule has 4 nitrogen and oxygen atoms in total. The molecule has 0 fully saturated rings. The topological polar surface area (TPSA) is 49.8 Å². The number of likely N-dealkylation sites (N-methyl/N-ethyl adjacent to an activating group) is 1. The van der Waals surface area contributed by atoms with Crippen LogP contribution in [0.2, 0.25) is 0 Å². The molecule has 15 heavy (non-hydrogen) atoms. The SMILES string of the molecule is CC.CCC(=O)O.COC(C)CN(C)C. The van der Waals surface area contributed by atoms with Crippen LogP contribution in [0, 0.1) is 0 Å². The summed E-state index contributed by atoms with van der Waals surface area (Å²) in [5.74, 6) is -0.745. The van der Waals surface area contributed by atoms with Gasteiger partial charge in [0.15, 0.2) is 0 Å². The van der Waals surface area contributed by atoms with Crippen LogP contribution in [0.1, 0.15) is 34.1 Å². The zero-order valence-electron chi connectivity index (χ0n) is 11.2. The fourth-order valence-electron chi connectivity index (χ4n) is 0.589. The number of hydrogen-bond acceptors (Lipinski definition) is 3. The van der Waals surface area contributed by atoms with Crippen molar-refractivity contribution in [3.05, 3.63) is 0 Å². The molecule has 0 spiro atoms. The normalized spacial score (nSPS) is 10.7. The highest BCUT2D eigenvalue weighted by Gasteiger charge is 1.98. The average molecular weight is 221 g/mol. The summed E-state index contributed by atoms with van der Waals surface area (Å²) in [4.78, 5) is 11.5. The maximum Gasteiger partial charge on any atom is 0.303 e. The third-order valence-corrected chi connectivity index (χ3v) is 1.33. The van der Waals surface area contributed by atoms with E-state index in [0.717, 1.165) is 6.54 Å². The summed E-state index contributed by atoms with van der Waals surface area (Å²) in [5, 5.41) is 7.72. The lowest BCUT2D eigenvalue weighted by atomic mass is 10.4. The van der Waals surface area contributed by atoms with Crippen molar-refractivity contribution in [2.45, 2.75) is 40.2 Å². The summed E-state index contributed by atoms with van der Waals surface area (Å²) < 4.78 is 5.02. The number of nitrogens with zero attached hydrogens (tertiary/aromatic N) is 1. The van der Waals surface area contributed by atoms with Gasteiger partial charge in [0.05, 0.1) is 6.10 Å². The van der Waals surface area contributed by atoms with Crippen molar-refractivity contribution in [1.29, 1.82) is 0 Å². The molecule has 0 radical (unpaired) electrons. The van der Waals surface area contributed by atoms with E-state index in [0.29, 0.717) is 6.10 Å². The van der Waals surface area contributed by atoms with Gasteiger partial charge in [-0.15, -0.1) is 0 Å². The molecule has 0 saturated heterocycles. The maximum absolute atomic E-state index is 9.37. The summed E-state index contributed by atoms with van der Waals surface area (Å²) in [6.45, 7) is 8.65. The number of carboxylic acids is 1. The lowest BCUT2D eigenvalue weighted by Crippen LogP contribution is -2.24. The van der Waals surface area contributed by atoms with Crippen molar-refractivity contribution in [2.75, 3.05) is 27.7 Å². The Morgan fingerprint density at radius 2 is 1.73 bits per heavy atom. The summed E-state index contributed by atoms with van der Waals surface area (Å²) in [7, 11) is 5.80. The fraction of sp³-hybridized carbons (Fsp3) is 0.909. The molecule has 0 aliphatic heterocycles. The number of aliphatic carboxylic acids is 1. The molecule has 1 atom stereocenters. The van der Waals surface area contributed by atoms with Crippen LogP contribution in [-0.2, 0) is 9.53 Å². The molecular weight excluding hydrogens is 194 g/mol. The van der Waals surface area contributed by atoms with Gasteiger partial charge < -0.3 is 14.7 Å². The lowest BCUT2D eigenvalue weighted by molar-refractivity contribution is -0.136. The van der Waals surface area contributed by atoms with E-state index in [1.807, 2.05) is 27.9 Å². The van der Waals surface area contributed by atoms with E-state index in [1.165, 1.54) is 0 Å². The van der Waals surface area contributed by atoms with Crippen LogP contribution in [0.25, 0.3) is 0 Å². The molecule has 0 saturated carbocycles. The van der Waals surface area contributed by atoms with Crippen molar-refractivity contribution in [1.82, 2.24) is 4.90 Å². The molecule has 0 bridgehead atoms. The highest BCUT2D eigenvalue weighted by molar-refractivity contribution is 5.66. The van der Waals surface area contributed by atoms with Gasteiger partial charge in [0.1, 0.15) is 0 Å².